The number of carbonyl (C=O) groups is 2. The molecule has 136 valence electrons. The molecule has 0 radical (unpaired) electrons. The third-order valence-electron chi connectivity index (χ3n) is 3.86. The fraction of sp³-hybridized carbons (Fsp3) is 0.100. The van der Waals surface area contributed by atoms with E-state index in [4.69, 9.17) is 4.74 Å². The van der Waals surface area contributed by atoms with Crippen molar-refractivity contribution in [2.24, 2.45) is 0 Å². The quantitative estimate of drug-likeness (QED) is 0.701. The minimum Gasteiger partial charge on any atom is -0.465 e. The minimum absolute atomic E-state index is 0.253. The first-order valence-corrected chi connectivity index (χ1v) is 8.20. The number of anilines is 3. The molecule has 1 N–H and O–H groups in total. The molecule has 0 fully saturated rings. The van der Waals surface area contributed by atoms with Gasteiger partial charge in [0.05, 0.1) is 12.7 Å². The molecule has 3 aromatic rings. The minimum atomic E-state index is -0.437. The van der Waals surface area contributed by atoms with Gasteiger partial charge in [-0.05, 0) is 36.4 Å². The number of hydrogen-bond acceptors (Lipinski definition) is 6. The van der Waals surface area contributed by atoms with Crippen LogP contribution < -0.4 is 10.2 Å². The summed E-state index contributed by atoms with van der Waals surface area (Å²) in [5.74, 6) is -0.438. The first-order valence-electron chi connectivity index (χ1n) is 8.20. The number of para-hydroxylation sites is 1. The van der Waals surface area contributed by atoms with E-state index in [2.05, 4.69) is 15.3 Å². The molecule has 3 rings (SSSR count). The van der Waals surface area contributed by atoms with Crippen LogP contribution in [0.5, 0.6) is 0 Å². The van der Waals surface area contributed by atoms with Gasteiger partial charge in [0.25, 0.3) is 5.91 Å². The van der Waals surface area contributed by atoms with Gasteiger partial charge in [0.2, 0.25) is 5.95 Å². The van der Waals surface area contributed by atoms with Crippen molar-refractivity contribution in [3.05, 3.63) is 78.1 Å². The lowest BCUT2D eigenvalue weighted by atomic mass is 10.2. The van der Waals surface area contributed by atoms with Crippen LogP contribution in [0.4, 0.5) is 17.3 Å². The first kappa shape index (κ1) is 18.1. The third-order valence-corrected chi connectivity index (χ3v) is 3.86. The molecule has 1 aromatic heterocycles. The van der Waals surface area contributed by atoms with Crippen LogP contribution in [0.2, 0.25) is 0 Å². The zero-order chi connectivity index (χ0) is 19.2. The molecule has 27 heavy (non-hydrogen) atoms. The molecular formula is C20H18N4O3. The zero-order valence-corrected chi connectivity index (χ0v) is 14.9. The van der Waals surface area contributed by atoms with Crippen LogP contribution in [0.3, 0.4) is 0 Å². The maximum absolute atomic E-state index is 12.7. The van der Waals surface area contributed by atoms with Crippen molar-refractivity contribution in [3.63, 3.8) is 0 Å². The molecule has 0 aliphatic carbocycles. The second-order valence-corrected chi connectivity index (χ2v) is 5.66. The van der Waals surface area contributed by atoms with Crippen molar-refractivity contribution in [3.8, 4) is 0 Å². The molecule has 1 amide bonds. The normalized spacial score (nSPS) is 10.1. The maximum atomic E-state index is 12.7. The molecular weight excluding hydrogens is 344 g/mol. The number of amides is 1. The van der Waals surface area contributed by atoms with Crippen LogP contribution in [-0.2, 0) is 4.74 Å². The maximum Gasteiger partial charge on any atom is 0.337 e. The highest BCUT2D eigenvalue weighted by Crippen LogP contribution is 2.17. The highest BCUT2D eigenvalue weighted by Gasteiger charge is 2.15. The van der Waals surface area contributed by atoms with Gasteiger partial charge in [-0.3, -0.25) is 4.79 Å². The lowest BCUT2D eigenvalue weighted by molar-refractivity contribution is 0.0600. The second kappa shape index (κ2) is 8.09. The Balaban J connectivity index is 1.80. The van der Waals surface area contributed by atoms with E-state index in [1.165, 1.54) is 18.2 Å². The summed E-state index contributed by atoms with van der Waals surface area (Å²) >= 11 is 0. The average molecular weight is 362 g/mol. The fourth-order valence-electron chi connectivity index (χ4n) is 2.45. The standard InChI is InChI=1S/C20H18N4O3/c1-24(16-9-4-3-5-10-16)18(25)17-11-12-21-20(23-17)22-15-8-6-7-14(13-15)19(26)27-2/h3-13H,1-2H3,(H,21,22,23). The summed E-state index contributed by atoms with van der Waals surface area (Å²) in [7, 11) is 3.01. The molecule has 0 unspecified atom stereocenters. The van der Waals surface area contributed by atoms with Crippen molar-refractivity contribution in [2.75, 3.05) is 24.4 Å². The number of methoxy groups -OCH3 is 1. The van der Waals surface area contributed by atoms with Gasteiger partial charge in [-0.2, -0.15) is 0 Å². The molecule has 0 saturated heterocycles. The van der Waals surface area contributed by atoms with Crippen molar-refractivity contribution in [1.82, 2.24) is 9.97 Å². The van der Waals surface area contributed by atoms with Crippen LogP contribution in [-0.4, -0.2) is 36.0 Å². The van der Waals surface area contributed by atoms with E-state index in [1.54, 1.807) is 37.4 Å². The highest BCUT2D eigenvalue weighted by molar-refractivity contribution is 6.04. The average Bonchev–Trinajstić information content (AvgIpc) is 2.73. The Bertz CT molecular complexity index is 960. The molecule has 1 heterocycles. The molecule has 7 nitrogen and oxygen atoms in total. The summed E-state index contributed by atoms with van der Waals surface area (Å²) in [5.41, 5.74) is 2.03. The summed E-state index contributed by atoms with van der Waals surface area (Å²) in [4.78, 5) is 34.3. The van der Waals surface area contributed by atoms with Gasteiger partial charge in [-0.25, -0.2) is 14.8 Å². The number of nitrogens with zero attached hydrogens (tertiary/aromatic N) is 3. The lowest BCUT2D eigenvalue weighted by Crippen LogP contribution is -2.27. The fourth-order valence-corrected chi connectivity index (χ4v) is 2.45. The van der Waals surface area contributed by atoms with Crippen molar-refractivity contribution >= 4 is 29.2 Å². The van der Waals surface area contributed by atoms with Gasteiger partial charge in [0, 0.05) is 24.6 Å². The van der Waals surface area contributed by atoms with Crippen LogP contribution in [0.1, 0.15) is 20.8 Å². The largest absolute Gasteiger partial charge is 0.465 e. The van der Waals surface area contributed by atoms with Crippen LogP contribution in [0.15, 0.2) is 66.9 Å². The van der Waals surface area contributed by atoms with Gasteiger partial charge >= 0.3 is 5.97 Å². The number of carbonyl (C=O) groups excluding carboxylic acids is 2. The molecule has 0 bridgehead atoms. The number of rotatable bonds is 5. The number of hydrogen-bond donors (Lipinski definition) is 1. The predicted molar refractivity (Wildman–Crippen MR) is 102 cm³/mol. The Hall–Kier alpha value is -3.74. The third kappa shape index (κ3) is 4.27. The van der Waals surface area contributed by atoms with Crippen LogP contribution in [0.25, 0.3) is 0 Å². The smallest absolute Gasteiger partial charge is 0.337 e. The van der Waals surface area contributed by atoms with E-state index in [-0.39, 0.29) is 17.5 Å². The Morgan fingerprint density at radius 2 is 1.81 bits per heavy atom. The number of ether oxygens (including phenoxy) is 1. The summed E-state index contributed by atoms with van der Waals surface area (Å²) in [6.45, 7) is 0. The molecule has 0 aliphatic rings. The van der Waals surface area contributed by atoms with E-state index in [9.17, 15) is 9.59 Å². The zero-order valence-electron chi connectivity index (χ0n) is 14.9. The topological polar surface area (TPSA) is 84.4 Å². The summed E-state index contributed by atoms with van der Waals surface area (Å²) in [5, 5.41) is 3.00. The molecule has 0 spiro atoms. The van der Waals surface area contributed by atoms with Gasteiger partial charge in [0.1, 0.15) is 5.69 Å². The molecule has 7 heteroatoms. The molecule has 0 aliphatic heterocycles. The predicted octanol–water partition coefficient (Wildman–Crippen LogP) is 3.28. The number of benzene rings is 2. The van der Waals surface area contributed by atoms with E-state index >= 15 is 0 Å². The van der Waals surface area contributed by atoms with Crippen molar-refractivity contribution < 1.29 is 14.3 Å². The first-order chi connectivity index (χ1) is 13.1. The van der Waals surface area contributed by atoms with Gasteiger partial charge in [-0.15, -0.1) is 0 Å². The molecule has 0 atom stereocenters. The van der Waals surface area contributed by atoms with Gasteiger partial charge < -0.3 is 15.0 Å². The van der Waals surface area contributed by atoms with Crippen LogP contribution >= 0.6 is 0 Å². The van der Waals surface area contributed by atoms with Gasteiger partial charge in [-0.1, -0.05) is 24.3 Å². The van der Waals surface area contributed by atoms with E-state index < -0.39 is 5.97 Å². The van der Waals surface area contributed by atoms with Crippen molar-refractivity contribution in [2.45, 2.75) is 0 Å². The van der Waals surface area contributed by atoms with E-state index in [1.807, 2.05) is 30.3 Å². The monoisotopic (exact) mass is 362 g/mol. The Morgan fingerprint density at radius 3 is 2.56 bits per heavy atom. The Kier molecular flexibility index (Phi) is 5.41. The lowest BCUT2D eigenvalue weighted by Gasteiger charge is -2.17. The molecule has 2 aromatic carbocycles. The summed E-state index contributed by atoms with van der Waals surface area (Å²) in [6, 6.07) is 17.6. The van der Waals surface area contributed by atoms with E-state index in [0.29, 0.717) is 11.3 Å². The Morgan fingerprint density at radius 1 is 1.04 bits per heavy atom. The van der Waals surface area contributed by atoms with Gasteiger partial charge in [0.15, 0.2) is 0 Å². The second-order valence-electron chi connectivity index (χ2n) is 5.66. The summed E-state index contributed by atoms with van der Waals surface area (Å²) in [6.07, 6.45) is 1.51. The van der Waals surface area contributed by atoms with Crippen LogP contribution in [0, 0.1) is 0 Å². The molecule has 0 saturated carbocycles. The Labute approximate surface area is 156 Å². The number of esters is 1. The van der Waals surface area contributed by atoms with Crippen molar-refractivity contribution in [1.29, 1.82) is 0 Å². The number of nitrogens with one attached hydrogen (secondary N) is 1. The van der Waals surface area contributed by atoms with E-state index in [0.717, 1.165) is 5.69 Å². The SMILES string of the molecule is COC(=O)c1cccc(Nc2nccc(C(=O)N(C)c3ccccc3)n2)c1. The highest BCUT2D eigenvalue weighted by atomic mass is 16.5. The summed E-state index contributed by atoms with van der Waals surface area (Å²) < 4.78 is 4.71. The number of aromatic nitrogens is 2.